The maximum atomic E-state index is 12.6. The van der Waals surface area contributed by atoms with Gasteiger partial charge in [-0.05, 0) is 44.4 Å². The number of hydrogen-bond donors (Lipinski definition) is 1. The lowest BCUT2D eigenvalue weighted by molar-refractivity contribution is -0.140. The maximum Gasteiger partial charge on any atom is 0.263 e. The molecule has 0 aromatic heterocycles. The van der Waals surface area contributed by atoms with Gasteiger partial charge in [0.2, 0.25) is 0 Å². The van der Waals surface area contributed by atoms with E-state index in [9.17, 15) is 9.90 Å². The molecule has 2 fully saturated rings. The standard InChI is InChI=1S/C19H25N3O3/c1-14(25-16-5-2-4-15(12-16)13-20)19(24)22-10-8-21(9-11-22)17-6-3-7-18(17)23/h2,4-5,12,14,17-18,23H,3,6-11H2,1H3. The lowest BCUT2D eigenvalue weighted by Gasteiger charge is -2.39. The molecule has 25 heavy (non-hydrogen) atoms. The molecule has 1 saturated heterocycles. The lowest BCUT2D eigenvalue weighted by atomic mass is 10.1. The van der Waals surface area contributed by atoms with Gasteiger partial charge in [0.1, 0.15) is 5.75 Å². The molecule has 134 valence electrons. The van der Waals surface area contributed by atoms with Crippen LogP contribution in [0.25, 0.3) is 0 Å². The summed E-state index contributed by atoms with van der Waals surface area (Å²) in [7, 11) is 0. The highest BCUT2D eigenvalue weighted by atomic mass is 16.5. The van der Waals surface area contributed by atoms with Crippen LogP contribution in [0.1, 0.15) is 31.7 Å². The summed E-state index contributed by atoms with van der Waals surface area (Å²) in [6, 6.07) is 9.16. The van der Waals surface area contributed by atoms with Crippen molar-refractivity contribution in [1.29, 1.82) is 5.26 Å². The number of piperazine rings is 1. The Kier molecular flexibility index (Phi) is 5.57. The Bertz CT molecular complexity index is 650. The Morgan fingerprint density at radius 3 is 2.72 bits per heavy atom. The zero-order chi connectivity index (χ0) is 17.8. The Balaban J connectivity index is 1.52. The minimum Gasteiger partial charge on any atom is -0.481 e. The normalized spacial score (nSPS) is 25.4. The van der Waals surface area contributed by atoms with E-state index in [0.29, 0.717) is 24.4 Å². The van der Waals surface area contributed by atoms with Crippen LogP contribution in [0, 0.1) is 11.3 Å². The monoisotopic (exact) mass is 343 g/mol. The van der Waals surface area contributed by atoms with Crippen LogP contribution in [-0.2, 0) is 4.79 Å². The summed E-state index contributed by atoms with van der Waals surface area (Å²) in [4.78, 5) is 16.8. The zero-order valence-corrected chi connectivity index (χ0v) is 14.6. The first kappa shape index (κ1) is 17.7. The van der Waals surface area contributed by atoms with Gasteiger partial charge in [-0.25, -0.2) is 0 Å². The molecule has 1 aliphatic carbocycles. The summed E-state index contributed by atoms with van der Waals surface area (Å²) in [6.45, 7) is 4.66. The van der Waals surface area contributed by atoms with Crippen molar-refractivity contribution in [1.82, 2.24) is 9.80 Å². The number of nitriles is 1. The summed E-state index contributed by atoms with van der Waals surface area (Å²) in [5.41, 5.74) is 0.515. The van der Waals surface area contributed by atoms with Crippen LogP contribution in [0.5, 0.6) is 5.75 Å². The summed E-state index contributed by atoms with van der Waals surface area (Å²) >= 11 is 0. The minimum atomic E-state index is -0.586. The fourth-order valence-electron chi connectivity index (χ4n) is 3.77. The molecule has 1 aromatic rings. The van der Waals surface area contributed by atoms with Crippen molar-refractivity contribution in [2.75, 3.05) is 26.2 Å². The zero-order valence-electron chi connectivity index (χ0n) is 14.6. The lowest BCUT2D eigenvalue weighted by Crippen LogP contribution is -2.55. The number of carbonyl (C=O) groups excluding carboxylic acids is 1. The van der Waals surface area contributed by atoms with Gasteiger partial charge in [-0.3, -0.25) is 9.69 Å². The van der Waals surface area contributed by atoms with Crippen LogP contribution in [0.15, 0.2) is 24.3 Å². The van der Waals surface area contributed by atoms with E-state index in [1.165, 1.54) is 0 Å². The number of hydrogen-bond acceptors (Lipinski definition) is 5. The second kappa shape index (κ2) is 7.85. The highest BCUT2D eigenvalue weighted by molar-refractivity contribution is 5.81. The molecule has 0 radical (unpaired) electrons. The molecule has 3 rings (SSSR count). The van der Waals surface area contributed by atoms with Crippen LogP contribution in [0.3, 0.4) is 0 Å². The number of rotatable bonds is 4. The molecular weight excluding hydrogens is 318 g/mol. The molecule has 1 aliphatic heterocycles. The molecule has 1 heterocycles. The smallest absolute Gasteiger partial charge is 0.263 e. The summed E-state index contributed by atoms with van der Waals surface area (Å²) < 4.78 is 5.72. The number of aliphatic hydroxyl groups is 1. The Hall–Kier alpha value is -2.10. The average Bonchev–Trinajstić information content (AvgIpc) is 3.07. The number of aliphatic hydroxyl groups excluding tert-OH is 1. The maximum absolute atomic E-state index is 12.6. The summed E-state index contributed by atoms with van der Waals surface area (Å²) in [5, 5.41) is 19.0. The van der Waals surface area contributed by atoms with Gasteiger partial charge in [0.25, 0.3) is 5.91 Å². The van der Waals surface area contributed by atoms with Crippen LogP contribution in [0.4, 0.5) is 0 Å². The van der Waals surface area contributed by atoms with Crippen molar-refractivity contribution in [3.63, 3.8) is 0 Å². The van der Waals surface area contributed by atoms with Crippen molar-refractivity contribution in [2.24, 2.45) is 0 Å². The molecule has 0 spiro atoms. The third kappa shape index (κ3) is 4.12. The van der Waals surface area contributed by atoms with Crippen molar-refractivity contribution in [3.05, 3.63) is 29.8 Å². The van der Waals surface area contributed by atoms with E-state index in [1.807, 2.05) is 4.90 Å². The molecule has 6 heteroatoms. The number of benzene rings is 1. The van der Waals surface area contributed by atoms with E-state index < -0.39 is 6.10 Å². The molecule has 3 unspecified atom stereocenters. The summed E-state index contributed by atoms with van der Waals surface area (Å²) in [6.07, 6.45) is 2.20. The van der Waals surface area contributed by atoms with Gasteiger partial charge in [0.15, 0.2) is 6.10 Å². The van der Waals surface area contributed by atoms with E-state index in [0.717, 1.165) is 32.4 Å². The first-order valence-electron chi connectivity index (χ1n) is 8.96. The second-order valence-corrected chi connectivity index (χ2v) is 6.83. The van der Waals surface area contributed by atoms with E-state index in [-0.39, 0.29) is 18.1 Å². The van der Waals surface area contributed by atoms with Crippen LogP contribution in [0.2, 0.25) is 0 Å². The third-order valence-corrected chi connectivity index (χ3v) is 5.16. The van der Waals surface area contributed by atoms with Gasteiger partial charge in [-0.2, -0.15) is 5.26 Å². The Morgan fingerprint density at radius 2 is 2.08 bits per heavy atom. The van der Waals surface area contributed by atoms with E-state index >= 15 is 0 Å². The molecule has 1 amide bonds. The van der Waals surface area contributed by atoms with Gasteiger partial charge >= 0.3 is 0 Å². The predicted molar refractivity (Wildman–Crippen MR) is 93.0 cm³/mol. The molecule has 3 atom stereocenters. The predicted octanol–water partition coefficient (Wildman–Crippen LogP) is 1.38. The van der Waals surface area contributed by atoms with Gasteiger partial charge < -0.3 is 14.7 Å². The Morgan fingerprint density at radius 1 is 1.32 bits per heavy atom. The SMILES string of the molecule is CC(Oc1cccc(C#N)c1)C(=O)N1CCN(C2CCCC2O)CC1. The Labute approximate surface area is 148 Å². The molecule has 1 N–H and O–H groups in total. The van der Waals surface area contributed by atoms with Gasteiger partial charge in [0, 0.05) is 32.2 Å². The number of carbonyl (C=O) groups is 1. The van der Waals surface area contributed by atoms with Crippen molar-refractivity contribution < 1.29 is 14.6 Å². The van der Waals surface area contributed by atoms with Crippen LogP contribution >= 0.6 is 0 Å². The fourth-order valence-corrected chi connectivity index (χ4v) is 3.77. The van der Waals surface area contributed by atoms with E-state index in [1.54, 1.807) is 31.2 Å². The number of nitrogens with zero attached hydrogens (tertiary/aromatic N) is 3. The molecular formula is C19H25N3O3. The molecule has 2 aliphatic rings. The fraction of sp³-hybridized carbons (Fsp3) is 0.579. The van der Waals surface area contributed by atoms with E-state index in [4.69, 9.17) is 10.00 Å². The highest BCUT2D eigenvalue weighted by Gasteiger charge is 2.34. The summed E-state index contributed by atoms with van der Waals surface area (Å²) in [5.74, 6) is 0.501. The van der Waals surface area contributed by atoms with Crippen molar-refractivity contribution in [3.8, 4) is 11.8 Å². The van der Waals surface area contributed by atoms with Gasteiger partial charge in [0.05, 0.1) is 17.7 Å². The first-order valence-corrected chi connectivity index (χ1v) is 8.96. The van der Waals surface area contributed by atoms with Gasteiger partial charge in [-0.15, -0.1) is 0 Å². The largest absolute Gasteiger partial charge is 0.481 e. The molecule has 1 aromatic carbocycles. The number of ether oxygens (including phenoxy) is 1. The third-order valence-electron chi connectivity index (χ3n) is 5.16. The van der Waals surface area contributed by atoms with Gasteiger partial charge in [-0.1, -0.05) is 6.07 Å². The quantitative estimate of drug-likeness (QED) is 0.894. The average molecular weight is 343 g/mol. The van der Waals surface area contributed by atoms with E-state index in [2.05, 4.69) is 11.0 Å². The molecule has 0 bridgehead atoms. The van der Waals surface area contributed by atoms with Crippen molar-refractivity contribution in [2.45, 2.75) is 44.4 Å². The van der Waals surface area contributed by atoms with Crippen LogP contribution in [-0.4, -0.2) is 65.2 Å². The van der Waals surface area contributed by atoms with Crippen molar-refractivity contribution >= 4 is 5.91 Å². The first-order chi connectivity index (χ1) is 12.1. The van der Waals surface area contributed by atoms with Crippen LogP contribution < -0.4 is 4.74 Å². The second-order valence-electron chi connectivity index (χ2n) is 6.83. The molecule has 6 nitrogen and oxygen atoms in total. The topological polar surface area (TPSA) is 76.8 Å². The molecule has 1 saturated carbocycles. The number of amides is 1. The minimum absolute atomic E-state index is 0.0334. The highest BCUT2D eigenvalue weighted by Crippen LogP contribution is 2.25.